The smallest absolute Gasteiger partial charge is 0.306 e. The van der Waals surface area contributed by atoms with Crippen LogP contribution in [0.4, 0.5) is 0 Å². The van der Waals surface area contributed by atoms with Crippen LogP contribution in [0, 0.1) is 0 Å². The topological polar surface area (TPSA) is 78.9 Å². The van der Waals surface area contributed by atoms with Gasteiger partial charge in [-0.15, -0.1) is 0 Å². The molecule has 0 aromatic carbocycles. The van der Waals surface area contributed by atoms with E-state index in [0.29, 0.717) is 19.3 Å². The van der Waals surface area contributed by atoms with Crippen molar-refractivity contribution < 1.29 is 28.6 Å². The van der Waals surface area contributed by atoms with Crippen LogP contribution in [-0.2, 0) is 28.6 Å². The maximum absolute atomic E-state index is 12.8. The fourth-order valence-electron chi connectivity index (χ4n) is 6.83. The zero-order chi connectivity index (χ0) is 50.0. The zero-order valence-corrected chi connectivity index (χ0v) is 44.0. The molecule has 0 bridgehead atoms. The lowest BCUT2D eigenvalue weighted by molar-refractivity contribution is -0.167. The first kappa shape index (κ1) is 64.3. The normalized spacial score (nSPS) is 13.3. The van der Waals surface area contributed by atoms with Crippen molar-refractivity contribution in [3.63, 3.8) is 0 Å². The molecule has 0 aromatic heterocycles. The summed E-state index contributed by atoms with van der Waals surface area (Å²) in [5.74, 6) is -1.00. The quantitative estimate of drug-likeness (QED) is 0.0262. The molecule has 0 aliphatic heterocycles. The number of rotatable bonds is 47. The average molecular weight is 951 g/mol. The van der Waals surface area contributed by atoms with Crippen molar-refractivity contribution in [1.82, 2.24) is 0 Å². The Morgan fingerprint density at radius 1 is 0.290 bits per heavy atom. The van der Waals surface area contributed by atoms with E-state index < -0.39 is 6.10 Å². The summed E-state index contributed by atoms with van der Waals surface area (Å²) in [6, 6.07) is 0. The minimum Gasteiger partial charge on any atom is -0.462 e. The molecule has 1 atom stereocenters. The number of carbonyl (C=O) groups is 3. The van der Waals surface area contributed by atoms with E-state index in [1.54, 1.807) is 0 Å². The highest BCUT2D eigenvalue weighted by Gasteiger charge is 2.19. The van der Waals surface area contributed by atoms with E-state index in [1.165, 1.54) is 0 Å². The van der Waals surface area contributed by atoms with Crippen molar-refractivity contribution >= 4 is 17.9 Å². The molecule has 0 aromatic rings. The maximum Gasteiger partial charge on any atom is 0.306 e. The van der Waals surface area contributed by atoms with E-state index in [-0.39, 0.29) is 37.5 Å². The van der Waals surface area contributed by atoms with Crippen molar-refractivity contribution in [2.45, 2.75) is 219 Å². The Balaban J connectivity index is 4.52. The van der Waals surface area contributed by atoms with Crippen molar-refractivity contribution in [3.05, 3.63) is 146 Å². The van der Waals surface area contributed by atoms with E-state index in [2.05, 4.69) is 167 Å². The third kappa shape index (κ3) is 54.1. The van der Waals surface area contributed by atoms with Gasteiger partial charge in [0.25, 0.3) is 0 Å². The third-order valence-electron chi connectivity index (χ3n) is 10.8. The maximum atomic E-state index is 12.8. The van der Waals surface area contributed by atoms with Crippen LogP contribution in [0.5, 0.6) is 0 Å². The Labute approximate surface area is 423 Å². The Hall–Kier alpha value is -4.71. The number of hydrogen-bond donors (Lipinski definition) is 0. The molecule has 6 heteroatoms. The van der Waals surface area contributed by atoms with Crippen LogP contribution in [0.25, 0.3) is 0 Å². The first-order valence-electron chi connectivity index (χ1n) is 27.3. The molecule has 69 heavy (non-hydrogen) atoms. The molecule has 0 N–H and O–H groups in total. The molecule has 0 aliphatic carbocycles. The van der Waals surface area contributed by atoms with Gasteiger partial charge in [-0.2, -0.15) is 0 Å². The third-order valence-corrected chi connectivity index (χ3v) is 10.8. The molecule has 0 heterocycles. The van der Waals surface area contributed by atoms with E-state index in [9.17, 15) is 14.4 Å². The van der Waals surface area contributed by atoms with Crippen LogP contribution in [0.3, 0.4) is 0 Å². The van der Waals surface area contributed by atoms with Crippen LogP contribution in [0.1, 0.15) is 213 Å². The largest absolute Gasteiger partial charge is 0.462 e. The molecule has 1 unspecified atom stereocenters. The predicted octanol–water partition coefficient (Wildman–Crippen LogP) is 18.4. The fraction of sp³-hybridized carbons (Fsp3) is 0.571. The summed E-state index contributed by atoms with van der Waals surface area (Å²) >= 11 is 0. The van der Waals surface area contributed by atoms with Gasteiger partial charge in [-0.05, 0) is 135 Å². The van der Waals surface area contributed by atoms with Crippen LogP contribution < -0.4 is 0 Å². The molecule has 0 fully saturated rings. The molecule has 0 saturated carbocycles. The molecular weight excluding hydrogens is 853 g/mol. The van der Waals surface area contributed by atoms with E-state index in [0.717, 1.165) is 167 Å². The Bertz CT molecular complexity index is 1560. The van der Waals surface area contributed by atoms with Gasteiger partial charge in [-0.25, -0.2) is 0 Å². The lowest BCUT2D eigenvalue weighted by Gasteiger charge is -2.18. The van der Waals surface area contributed by atoms with E-state index >= 15 is 0 Å². The van der Waals surface area contributed by atoms with Gasteiger partial charge in [0.15, 0.2) is 6.10 Å². The summed E-state index contributed by atoms with van der Waals surface area (Å²) in [6.07, 6.45) is 79.8. The van der Waals surface area contributed by atoms with Crippen molar-refractivity contribution in [2.75, 3.05) is 13.2 Å². The summed E-state index contributed by atoms with van der Waals surface area (Å²) in [5.41, 5.74) is 0. The van der Waals surface area contributed by atoms with Crippen LogP contribution in [-0.4, -0.2) is 37.2 Å². The molecule has 0 spiro atoms. The minimum absolute atomic E-state index is 0.116. The lowest BCUT2D eigenvalue weighted by Crippen LogP contribution is -2.30. The minimum atomic E-state index is -0.822. The van der Waals surface area contributed by atoms with Gasteiger partial charge < -0.3 is 14.2 Å². The van der Waals surface area contributed by atoms with Crippen molar-refractivity contribution in [2.24, 2.45) is 0 Å². The zero-order valence-electron chi connectivity index (χ0n) is 44.0. The molecule has 0 saturated heterocycles. The second-order valence-electron chi connectivity index (χ2n) is 17.3. The monoisotopic (exact) mass is 951 g/mol. The Morgan fingerprint density at radius 3 is 0.841 bits per heavy atom. The summed E-state index contributed by atoms with van der Waals surface area (Å²) in [7, 11) is 0. The molecule has 6 nitrogen and oxygen atoms in total. The van der Waals surface area contributed by atoms with Gasteiger partial charge in [0.05, 0.1) is 0 Å². The number of ether oxygens (including phenoxy) is 3. The van der Waals surface area contributed by atoms with Crippen molar-refractivity contribution in [1.29, 1.82) is 0 Å². The van der Waals surface area contributed by atoms with Gasteiger partial charge >= 0.3 is 17.9 Å². The number of esters is 3. The van der Waals surface area contributed by atoms with Crippen molar-refractivity contribution in [3.8, 4) is 0 Å². The number of hydrogen-bond acceptors (Lipinski definition) is 6. The van der Waals surface area contributed by atoms with Crippen LogP contribution in [0.2, 0.25) is 0 Å². The van der Waals surface area contributed by atoms with Gasteiger partial charge in [-0.1, -0.05) is 205 Å². The van der Waals surface area contributed by atoms with Gasteiger partial charge in [-0.3, -0.25) is 14.4 Å². The highest BCUT2D eigenvalue weighted by Crippen LogP contribution is 2.12. The highest BCUT2D eigenvalue weighted by molar-refractivity contribution is 5.71. The summed E-state index contributed by atoms with van der Waals surface area (Å²) in [4.78, 5) is 38.1. The standard InChI is InChI=1S/C63H98O6/c1-4-7-10-13-16-19-22-25-28-29-30-31-32-33-36-38-41-44-47-50-53-56-62(65)68-59-60(69-63(66)57-54-51-48-45-42-39-35-27-24-21-18-15-12-9-6-3)58-67-61(64)55-52-49-46-43-40-37-34-26-23-20-17-14-11-8-5-2/h7-12,16-21,25-28,30-31,33-36,42,45,60H,4-6,13-15,22-24,29,32,37-41,43-44,46-59H2,1-3H3/b10-7-,11-8-,12-9-,19-16-,20-17-,21-18-,28-25-,31-30-,34-26-,35-27-,36-33-,45-42-. The van der Waals surface area contributed by atoms with Crippen LogP contribution in [0.15, 0.2) is 146 Å². The second kappa shape index (κ2) is 55.9. The molecule has 0 rings (SSSR count). The number of unbranched alkanes of at least 4 members (excludes halogenated alkanes) is 12. The lowest BCUT2D eigenvalue weighted by atomic mass is 10.1. The fourth-order valence-corrected chi connectivity index (χ4v) is 6.83. The molecule has 0 radical (unpaired) electrons. The van der Waals surface area contributed by atoms with E-state index in [1.807, 2.05) is 0 Å². The summed E-state index contributed by atoms with van der Waals surface area (Å²) in [6.45, 7) is 6.21. The highest BCUT2D eigenvalue weighted by atomic mass is 16.6. The number of allylic oxidation sites excluding steroid dienone is 24. The summed E-state index contributed by atoms with van der Waals surface area (Å²) < 4.78 is 16.8. The number of carbonyl (C=O) groups excluding carboxylic acids is 3. The first-order chi connectivity index (χ1) is 34.0. The Kier molecular flexibility index (Phi) is 52.1. The molecule has 0 aliphatic rings. The summed E-state index contributed by atoms with van der Waals surface area (Å²) in [5, 5.41) is 0. The second-order valence-corrected chi connectivity index (χ2v) is 17.3. The molecular formula is C63H98O6. The SMILES string of the molecule is CC/C=C\C/C=C\C/C=C\C/C=C\C/C=C\CCCCCCCC(=O)OCC(COC(=O)CCCCCCC/C=C\C/C=C\C/C=C\CC)OC(=O)CCCC/C=C\C/C=C\C/C=C\C/C=C\CC. The van der Waals surface area contributed by atoms with Gasteiger partial charge in [0.2, 0.25) is 0 Å². The van der Waals surface area contributed by atoms with Gasteiger partial charge in [0, 0.05) is 19.3 Å². The molecule has 0 amide bonds. The Morgan fingerprint density at radius 2 is 0.522 bits per heavy atom. The first-order valence-corrected chi connectivity index (χ1v) is 27.3. The van der Waals surface area contributed by atoms with Gasteiger partial charge in [0.1, 0.15) is 13.2 Å². The predicted molar refractivity (Wildman–Crippen MR) is 297 cm³/mol. The molecule has 386 valence electrons. The van der Waals surface area contributed by atoms with Crippen LogP contribution >= 0.6 is 0 Å². The van der Waals surface area contributed by atoms with E-state index in [4.69, 9.17) is 14.2 Å². The average Bonchev–Trinajstić information content (AvgIpc) is 3.35.